The molecule has 0 unspecified atom stereocenters. The molecule has 0 amide bonds. The first kappa shape index (κ1) is 14.4. The first-order valence-electron chi connectivity index (χ1n) is 7.43. The number of benzene rings is 1. The number of ether oxygens (including phenoxy) is 1. The summed E-state index contributed by atoms with van der Waals surface area (Å²) >= 11 is 0. The molecule has 1 aromatic rings. The van der Waals surface area contributed by atoms with Crippen molar-refractivity contribution < 1.29 is 9.84 Å². The lowest BCUT2D eigenvalue weighted by Crippen LogP contribution is -2.34. The standard InChI is InChI=1S/C16H25NO2/c18-13-6-2-5-11-17-12-7-8-15(17)14-19-16-9-3-1-4-10-16/h1,3-4,9-10,15,18H,2,5-8,11-14H2/t15-/m0/s1. The maximum absolute atomic E-state index is 8.79. The van der Waals surface area contributed by atoms with E-state index in [1.165, 1.54) is 25.8 Å². The van der Waals surface area contributed by atoms with Crippen LogP contribution in [0.1, 0.15) is 32.1 Å². The Bertz CT molecular complexity index is 342. The van der Waals surface area contributed by atoms with Crippen molar-refractivity contribution >= 4 is 0 Å². The van der Waals surface area contributed by atoms with Crippen LogP contribution in [-0.2, 0) is 0 Å². The van der Waals surface area contributed by atoms with Gasteiger partial charge in [-0.2, -0.15) is 0 Å². The van der Waals surface area contributed by atoms with E-state index >= 15 is 0 Å². The second kappa shape index (κ2) is 8.18. The second-order valence-electron chi connectivity index (χ2n) is 5.24. The number of rotatable bonds is 8. The van der Waals surface area contributed by atoms with E-state index in [9.17, 15) is 0 Å². The Hall–Kier alpha value is -1.06. The van der Waals surface area contributed by atoms with Gasteiger partial charge in [-0.05, 0) is 57.3 Å². The van der Waals surface area contributed by atoms with Gasteiger partial charge in [0, 0.05) is 12.6 Å². The van der Waals surface area contributed by atoms with Gasteiger partial charge in [-0.3, -0.25) is 4.90 Å². The van der Waals surface area contributed by atoms with Crippen LogP contribution in [-0.4, -0.2) is 42.4 Å². The number of para-hydroxylation sites is 1. The van der Waals surface area contributed by atoms with Gasteiger partial charge in [0.05, 0.1) is 0 Å². The van der Waals surface area contributed by atoms with Crippen molar-refractivity contribution in [2.24, 2.45) is 0 Å². The summed E-state index contributed by atoms with van der Waals surface area (Å²) in [6.45, 7) is 3.45. The number of likely N-dealkylation sites (tertiary alicyclic amines) is 1. The highest BCUT2D eigenvalue weighted by Crippen LogP contribution is 2.19. The Morgan fingerprint density at radius 3 is 2.79 bits per heavy atom. The number of aliphatic hydroxyl groups is 1. The van der Waals surface area contributed by atoms with Crippen LogP contribution in [0.2, 0.25) is 0 Å². The lowest BCUT2D eigenvalue weighted by Gasteiger charge is -2.24. The molecule has 1 aliphatic heterocycles. The molecule has 3 heteroatoms. The molecule has 1 N–H and O–H groups in total. The normalized spacial score (nSPS) is 19.7. The van der Waals surface area contributed by atoms with E-state index in [-0.39, 0.29) is 0 Å². The largest absolute Gasteiger partial charge is 0.492 e. The van der Waals surface area contributed by atoms with Crippen molar-refractivity contribution in [3.8, 4) is 5.75 Å². The molecule has 1 heterocycles. The SMILES string of the molecule is OCCCCCN1CCC[C@H]1COc1ccccc1. The third-order valence-electron chi connectivity index (χ3n) is 3.79. The lowest BCUT2D eigenvalue weighted by molar-refractivity contribution is 0.169. The third kappa shape index (κ3) is 4.84. The molecule has 0 radical (unpaired) electrons. The molecule has 0 bridgehead atoms. The lowest BCUT2D eigenvalue weighted by atomic mass is 10.2. The predicted molar refractivity (Wildman–Crippen MR) is 77.5 cm³/mol. The molecule has 0 spiro atoms. The summed E-state index contributed by atoms with van der Waals surface area (Å²) in [5, 5.41) is 8.79. The zero-order valence-corrected chi connectivity index (χ0v) is 11.6. The van der Waals surface area contributed by atoms with E-state index in [0.717, 1.165) is 31.7 Å². The van der Waals surface area contributed by atoms with Crippen LogP contribution in [0.15, 0.2) is 30.3 Å². The van der Waals surface area contributed by atoms with Gasteiger partial charge in [-0.25, -0.2) is 0 Å². The Morgan fingerprint density at radius 2 is 2.00 bits per heavy atom. The second-order valence-corrected chi connectivity index (χ2v) is 5.24. The maximum Gasteiger partial charge on any atom is 0.119 e. The Kier molecular flexibility index (Phi) is 6.18. The fraction of sp³-hybridized carbons (Fsp3) is 0.625. The van der Waals surface area contributed by atoms with Gasteiger partial charge in [0.2, 0.25) is 0 Å². The molecule has 1 aromatic carbocycles. The molecule has 106 valence electrons. The number of aliphatic hydroxyl groups excluding tert-OH is 1. The van der Waals surface area contributed by atoms with E-state index in [1.54, 1.807) is 0 Å². The molecule has 1 atom stereocenters. The molecule has 19 heavy (non-hydrogen) atoms. The topological polar surface area (TPSA) is 32.7 Å². The quantitative estimate of drug-likeness (QED) is 0.732. The van der Waals surface area contributed by atoms with Crippen molar-refractivity contribution in [2.45, 2.75) is 38.1 Å². The van der Waals surface area contributed by atoms with Crippen LogP contribution in [0.5, 0.6) is 5.75 Å². The Morgan fingerprint density at radius 1 is 1.16 bits per heavy atom. The number of hydrogen-bond acceptors (Lipinski definition) is 3. The van der Waals surface area contributed by atoms with Gasteiger partial charge in [-0.1, -0.05) is 18.2 Å². The minimum absolute atomic E-state index is 0.320. The van der Waals surface area contributed by atoms with Gasteiger partial charge >= 0.3 is 0 Å². The zero-order valence-electron chi connectivity index (χ0n) is 11.6. The first-order valence-corrected chi connectivity index (χ1v) is 7.43. The van der Waals surface area contributed by atoms with Crippen molar-refractivity contribution in [1.29, 1.82) is 0 Å². The van der Waals surface area contributed by atoms with Gasteiger partial charge < -0.3 is 9.84 Å². The smallest absolute Gasteiger partial charge is 0.119 e. The van der Waals surface area contributed by atoms with E-state index in [1.807, 2.05) is 30.3 Å². The molecule has 1 aliphatic rings. The molecule has 3 nitrogen and oxygen atoms in total. The van der Waals surface area contributed by atoms with E-state index in [2.05, 4.69) is 4.90 Å². The zero-order chi connectivity index (χ0) is 13.3. The third-order valence-corrected chi connectivity index (χ3v) is 3.79. The summed E-state index contributed by atoms with van der Waals surface area (Å²) in [6, 6.07) is 10.6. The molecule has 1 fully saturated rings. The molecular weight excluding hydrogens is 238 g/mol. The van der Waals surface area contributed by atoms with E-state index < -0.39 is 0 Å². The molecule has 1 saturated heterocycles. The van der Waals surface area contributed by atoms with Gasteiger partial charge in [0.15, 0.2) is 0 Å². The summed E-state index contributed by atoms with van der Waals surface area (Å²) in [7, 11) is 0. The van der Waals surface area contributed by atoms with Crippen molar-refractivity contribution in [3.63, 3.8) is 0 Å². The molecular formula is C16H25NO2. The summed E-state index contributed by atoms with van der Waals surface area (Å²) in [6.07, 6.45) is 5.76. The molecule has 0 aliphatic carbocycles. The minimum atomic E-state index is 0.320. The molecule has 0 aromatic heterocycles. The number of nitrogens with zero attached hydrogens (tertiary/aromatic N) is 1. The summed E-state index contributed by atoms with van der Waals surface area (Å²) in [5.41, 5.74) is 0. The average molecular weight is 263 g/mol. The minimum Gasteiger partial charge on any atom is -0.492 e. The average Bonchev–Trinajstić information content (AvgIpc) is 2.90. The van der Waals surface area contributed by atoms with Gasteiger partial charge in [0.25, 0.3) is 0 Å². The highest BCUT2D eigenvalue weighted by atomic mass is 16.5. The van der Waals surface area contributed by atoms with E-state index in [4.69, 9.17) is 9.84 Å². The number of hydrogen-bond donors (Lipinski definition) is 1. The summed E-state index contributed by atoms with van der Waals surface area (Å²) < 4.78 is 5.87. The van der Waals surface area contributed by atoms with Crippen LogP contribution >= 0.6 is 0 Å². The van der Waals surface area contributed by atoms with Gasteiger partial charge in [0.1, 0.15) is 12.4 Å². The predicted octanol–water partition coefficient (Wildman–Crippen LogP) is 2.69. The van der Waals surface area contributed by atoms with Crippen LogP contribution in [0.4, 0.5) is 0 Å². The van der Waals surface area contributed by atoms with Crippen molar-refractivity contribution in [2.75, 3.05) is 26.3 Å². The van der Waals surface area contributed by atoms with Gasteiger partial charge in [-0.15, -0.1) is 0 Å². The summed E-state index contributed by atoms with van der Waals surface area (Å²) in [4.78, 5) is 2.54. The van der Waals surface area contributed by atoms with Crippen molar-refractivity contribution in [3.05, 3.63) is 30.3 Å². The van der Waals surface area contributed by atoms with Crippen LogP contribution < -0.4 is 4.74 Å². The molecule has 0 saturated carbocycles. The number of unbranched alkanes of at least 4 members (excludes halogenated alkanes) is 2. The Balaban J connectivity index is 1.70. The first-order chi connectivity index (χ1) is 9.40. The highest BCUT2D eigenvalue weighted by Gasteiger charge is 2.24. The highest BCUT2D eigenvalue weighted by molar-refractivity contribution is 5.20. The fourth-order valence-corrected chi connectivity index (χ4v) is 2.69. The van der Waals surface area contributed by atoms with E-state index in [0.29, 0.717) is 12.6 Å². The monoisotopic (exact) mass is 263 g/mol. The Labute approximate surface area is 116 Å². The fourth-order valence-electron chi connectivity index (χ4n) is 2.69. The van der Waals surface area contributed by atoms with Crippen LogP contribution in [0, 0.1) is 0 Å². The summed E-state index contributed by atoms with van der Waals surface area (Å²) in [5.74, 6) is 0.967. The molecule has 2 rings (SSSR count). The van der Waals surface area contributed by atoms with Crippen molar-refractivity contribution in [1.82, 2.24) is 4.90 Å². The maximum atomic E-state index is 8.79. The van der Waals surface area contributed by atoms with Crippen LogP contribution in [0.3, 0.4) is 0 Å². The van der Waals surface area contributed by atoms with Crippen LogP contribution in [0.25, 0.3) is 0 Å².